The van der Waals surface area contributed by atoms with Crippen LogP contribution in [-0.2, 0) is 5.41 Å². The molecule has 0 radical (unpaired) electrons. The second-order valence-corrected chi connectivity index (χ2v) is 9.14. The lowest BCUT2D eigenvalue weighted by atomic mass is 9.70. The van der Waals surface area contributed by atoms with Crippen LogP contribution in [0.1, 0.15) is 22.3 Å². The summed E-state index contributed by atoms with van der Waals surface area (Å²) in [4.78, 5) is 4.22. The van der Waals surface area contributed by atoms with Gasteiger partial charge >= 0.3 is 0 Å². The quantitative estimate of drug-likeness (QED) is 0.264. The molecule has 1 unspecified atom stereocenters. The van der Waals surface area contributed by atoms with Crippen LogP contribution in [0.2, 0.25) is 0 Å². The van der Waals surface area contributed by atoms with Crippen molar-refractivity contribution < 1.29 is 4.42 Å². The highest BCUT2D eigenvalue weighted by Gasteiger charge is 2.54. The predicted octanol–water partition coefficient (Wildman–Crippen LogP) is 7.84. The molecule has 4 aromatic carbocycles. The van der Waals surface area contributed by atoms with Gasteiger partial charge in [0, 0.05) is 28.9 Å². The van der Waals surface area contributed by atoms with Crippen molar-refractivity contribution in [1.29, 1.82) is 0 Å². The first-order chi connectivity index (χ1) is 16.9. The lowest BCUT2D eigenvalue weighted by Crippen LogP contribution is -2.25. The summed E-state index contributed by atoms with van der Waals surface area (Å²) < 4.78 is 6.56. The summed E-state index contributed by atoms with van der Waals surface area (Å²) in [6, 6.07) is 37.2. The van der Waals surface area contributed by atoms with Gasteiger partial charge < -0.3 is 4.42 Å². The summed E-state index contributed by atoms with van der Waals surface area (Å²) in [5.74, 6) is 0.994. The third-order valence-electron chi connectivity index (χ3n) is 7.60. The zero-order valence-corrected chi connectivity index (χ0v) is 18.3. The number of para-hydroxylation sites is 1. The molecule has 2 nitrogen and oxygen atoms in total. The predicted molar refractivity (Wildman–Crippen MR) is 136 cm³/mol. The Labute approximate surface area is 197 Å². The fourth-order valence-electron chi connectivity index (χ4n) is 6.31. The Balaban J connectivity index is 1.57. The van der Waals surface area contributed by atoms with E-state index < -0.39 is 5.41 Å². The van der Waals surface area contributed by atoms with Crippen LogP contribution in [0, 0.1) is 0 Å². The molecule has 1 atom stereocenters. The van der Waals surface area contributed by atoms with Crippen molar-refractivity contribution in [1.82, 2.24) is 4.98 Å². The molecule has 0 amide bonds. The number of pyridine rings is 1. The highest BCUT2D eigenvalue weighted by molar-refractivity contribution is 6.02. The summed E-state index contributed by atoms with van der Waals surface area (Å²) >= 11 is 0. The van der Waals surface area contributed by atoms with E-state index in [2.05, 4.69) is 108 Å². The largest absolute Gasteiger partial charge is 0.456 e. The van der Waals surface area contributed by atoms with E-state index >= 15 is 0 Å². The average Bonchev–Trinajstić information content (AvgIpc) is 3.52. The second-order valence-electron chi connectivity index (χ2n) is 9.14. The molecule has 0 bridgehead atoms. The van der Waals surface area contributed by atoms with Gasteiger partial charge in [0.05, 0.1) is 5.41 Å². The van der Waals surface area contributed by atoms with E-state index in [1.807, 2.05) is 12.4 Å². The van der Waals surface area contributed by atoms with Gasteiger partial charge in [0.15, 0.2) is 0 Å². The van der Waals surface area contributed by atoms with Gasteiger partial charge in [-0.2, -0.15) is 0 Å². The molecule has 2 heteroatoms. The van der Waals surface area contributed by atoms with Crippen molar-refractivity contribution >= 4 is 11.0 Å². The summed E-state index contributed by atoms with van der Waals surface area (Å²) in [5, 5.41) is 1.19. The Morgan fingerprint density at radius 3 is 2.09 bits per heavy atom. The van der Waals surface area contributed by atoms with Crippen molar-refractivity contribution in [3.8, 4) is 33.6 Å². The standard InChI is InChI=1S/C32H19NO/c1-4-10-26-22(7-1)23-14-13-21(20-15-17-33-18-16-20)19-28(23)32(26)27-11-5-2-8-24(27)31-30(32)25-9-3-6-12-29(25)34-31/h1-19H. The molecule has 0 saturated heterocycles. The Hall–Kier alpha value is -4.43. The number of hydrogen-bond donors (Lipinski definition) is 0. The number of benzene rings is 4. The number of hydrogen-bond acceptors (Lipinski definition) is 2. The molecule has 8 rings (SSSR count). The molecule has 0 saturated carbocycles. The Morgan fingerprint density at radius 2 is 1.24 bits per heavy atom. The van der Waals surface area contributed by atoms with E-state index in [0.717, 1.165) is 11.3 Å². The Morgan fingerprint density at radius 1 is 0.559 bits per heavy atom. The SMILES string of the molecule is c1ccc2c(c1)-c1ccc(-c3ccncc3)cc1C21c2ccccc2-c2oc3ccccc3c21. The molecule has 34 heavy (non-hydrogen) atoms. The van der Waals surface area contributed by atoms with Crippen LogP contribution in [0.3, 0.4) is 0 Å². The van der Waals surface area contributed by atoms with Crippen molar-refractivity contribution in [2.24, 2.45) is 0 Å². The normalized spacial score (nSPS) is 16.9. The van der Waals surface area contributed by atoms with Gasteiger partial charge in [-0.25, -0.2) is 0 Å². The van der Waals surface area contributed by atoms with E-state index in [4.69, 9.17) is 4.42 Å². The van der Waals surface area contributed by atoms with Crippen LogP contribution in [-0.4, -0.2) is 4.98 Å². The molecule has 1 spiro atoms. The number of rotatable bonds is 1. The monoisotopic (exact) mass is 433 g/mol. The number of aromatic nitrogens is 1. The fourth-order valence-corrected chi connectivity index (χ4v) is 6.31. The zero-order chi connectivity index (χ0) is 22.3. The first-order valence-electron chi connectivity index (χ1n) is 11.6. The van der Waals surface area contributed by atoms with Crippen LogP contribution >= 0.6 is 0 Å². The van der Waals surface area contributed by atoms with Gasteiger partial charge in [-0.05, 0) is 63.2 Å². The molecular formula is C32H19NO. The molecule has 0 aliphatic heterocycles. The van der Waals surface area contributed by atoms with Crippen LogP contribution in [0.4, 0.5) is 0 Å². The van der Waals surface area contributed by atoms with Crippen LogP contribution < -0.4 is 0 Å². The fraction of sp³-hybridized carbons (Fsp3) is 0.0312. The molecule has 2 heterocycles. The van der Waals surface area contributed by atoms with Crippen molar-refractivity contribution in [2.45, 2.75) is 5.41 Å². The van der Waals surface area contributed by atoms with Crippen LogP contribution in [0.25, 0.3) is 44.5 Å². The highest BCUT2D eigenvalue weighted by Crippen LogP contribution is 2.64. The minimum absolute atomic E-state index is 0.409. The molecule has 6 aromatic rings. The average molecular weight is 434 g/mol. The highest BCUT2D eigenvalue weighted by atomic mass is 16.3. The van der Waals surface area contributed by atoms with E-state index in [9.17, 15) is 0 Å². The third kappa shape index (κ3) is 2.04. The van der Waals surface area contributed by atoms with Crippen LogP contribution in [0.5, 0.6) is 0 Å². The number of fused-ring (bicyclic) bond motifs is 12. The van der Waals surface area contributed by atoms with Gasteiger partial charge in [-0.1, -0.05) is 78.9 Å². The minimum atomic E-state index is -0.409. The maximum atomic E-state index is 6.56. The van der Waals surface area contributed by atoms with Crippen molar-refractivity contribution in [3.63, 3.8) is 0 Å². The van der Waals surface area contributed by atoms with E-state index in [-0.39, 0.29) is 0 Å². The van der Waals surface area contributed by atoms with E-state index in [1.54, 1.807) is 0 Å². The molecule has 0 fully saturated rings. The first-order valence-corrected chi connectivity index (χ1v) is 11.6. The summed E-state index contributed by atoms with van der Waals surface area (Å²) in [5.41, 5.74) is 11.9. The smallest absolute Gasteiger partial charge is 0.140 e. The molecular weight excluding hydrogens is 414 g/mol. The lowest BCUT2D eigenvalue weighted by molar-refractivity contribution is 0.628. The van der Waals surface area contributed by atoms with Crippen LogP contribution in [0.15, 0.2) is 120 Å². The Kier molecular flexibility index (Phi) is 3.36. The minimum Gasteiger partial charge on any atom is -0.456 e. The van der Waals surface area contributed by atoms with Gasteiger partial charge in [0.25, 0.3) is 0 Å². The van der Waals surface area contributed by atoms with Gasteiger partial charge in [-0.15, -0.1) is 0 Å². The Bertz CT molecular complexity index is 1760. The third-order valence-corrected chi connectivity index (χ3v) is 7.60. The van der Waals surface area contributed by atoms with Gasteiger partial charge in [0.1, 0.15) is 11.3 Å². The number of nitrogens with zero attached hydrogens (tertiary/aromatic N) is 1. The maximum Gasteiger partial charge on any atom is 0.140 e. The lowest BCUT2D eigenvalue weighted by Gasteiger charge is -2.30. The van der Waals surface area contributed by atoms with Crippen molar-refractivity contribution in [3.05, 3.63) is 138 Å². The van der Waals surface area contributed by atoms with Gasteiger partial charge in [0.2, 0.25) is 0 Å². The first kappa shape index (κ1) is 18.0. The van der Waals surface area contributed by atoms with Gasteiger partial charge in [-0.3, -0.25) is 4.98 Å². The zero-order valence-electron chi connectivity index (χ0n) is 18.3. The van der Waals surface area contributed by atoms with Crippen molar-refractivity contribution in [2.75, 3.05) is 0 Å². The second kappa shape index (κ2) is 6.33. The summed E-state index contributed by atoms with van der Waals surface area (Å²) in [6.45, 7) is 0. The maximum absolute atomic E-state index is 6.56. The van der Waals surface area contributed by atoms with E-state index in [1.165, 1.54) is 55.5 Å². The molecule has 2 aliphatic rings. The topological polar surface area (TPSA) is 26.0 Å². The molecule has 2 aromatic heterocycles. The molecule has 2 aliphatic carbocycles. The number of furan rings is 1. The molecule has 158 valence electrons. The molecule has 0 N–H and O–H groups in total. The van der Waals surface area contributed by atoms with E-state index in [0.29, 0.717) is 0 Å². The summed E-state index contributed by atoms with van der Waals surface area (Å²) in [7, 11) is 0. The summed E-state index contributed by atoms with van der Waals surface area (Å²) in [6.07, 6.45) is 3.72.